The van der Waals surface area contributed by atoms with Gasteiger partial charge in [-0.2, -0.15) is 15.2 Å². The highest BCUT2D eigenvalue weighted by molar-refractivity contribution is 5.98. The summed E-state index contributed by atoms with van der Waals surface area (Å²) in [4.78, 5) is 27.3. The molecule has 0 radical (unpaired) electrons. The molecule has 1 amide bonds. The molecular formula is C24H27N7O3. The van der Waals surface area contributed by atoms with Crippen molar-refractivity contribution in [2.45, 2.75) is 32.7 Å². The summed E-state index contributed by atoms with van der Waals surface area (Å²) < 4.78 is 11.3. The molecule has 0 saturated carbocycles. The number of hydrogen-bond acceptors (Lipinski definition) is 8. The molecule has 4 heterocycles. The molecule has 2 aromatic heterocycles. The van der Waals surface area contributed by atoms with E-state index in [1.165, 1.54) is 0 Å². The van der Waals surface area contributed by atoms with E-state index in [0.29, 0.717) is 84.7 Å². The highest BCUT2D eigenvalue weighted by atomic mass is 16.5. The number of aromatic amines is 1. The van der Waals surface area contributed by atoms with Crippen LogP contribution < -0.4 is 15.4 Å². The number of fused-ring (bicyclic) bond motifs is 2. The van der Waals surface area contributed by atoms with Crippen LogP contribution in [0.4, 0.5) is 17.5 Å². The number of H-pyrrole nitrogens is 1. The van der Waals surface area contributed by atoms with E-state index < -0.39 is 0 Å². The quantitative estimate of drug-likeness (QED) is 0.511. The Morgan fingerprint density at radius 2 is 2.12 bits per heavy atom. The maximum Gasteiger partial charge on any atom is 0.254 e. The Kier molecular flexibility index (Phi) is 5.94. The predicted octanol–water partition coefficient (Wildman–Crippen LogP) is 3.19. The smallest absolute Gasteiger partial charge is 0.254 e. The summed E-state index contributed by atoms with van der Waals surface area (Å²) >= 11 is 0. The van der Waals surface area contributed by atoms with E-state index in [0.717, 1.165) is 12.0 Å². The van der Waals surface area contributed by atoms with Crippen LogP contribution in [0.1, 0.15) is 41.8 Å². The van der Waals surface area contributed by atoms with Crippen molar-refractivity contribution in [2.75, 3.05) is 43.5 Å². The number of nitriles is 1. The van der Waals surface area contributed by atoms with Gasteiger partial charge >= 0.3 is 0 Å². The minimum atomic E-state index is 0.00438. The molecule has 10 nitrogen and oxygen atoms in total. The second kappa shape index (κ2) is 9.19. The lowest BCUT2D eigenvalue weighted by Crippen LogP contribution is -2.41. The van der Waals surface area contributed by atoms with E-state index >= 15 is 0 Å². The van der Waals surface area contributed by atoms with Crippen LogP contribution in [0.25, 0.3) is 11.0 Å². The third kappa shape index (κ3) is 3.99. The van der Waals surface area contributed by atoms with Crippen molar-refractivity contribution in [2.24, 2.45) is 0 Å². The molecule has 5 rings (SSSR count). The van der Waals surface area contributed by atoms with Crippen LogP contribution in [0.15, 0.2) is 18.3 Å². The van der Waals surface area contributed by atoms with Gasteiger partial charge in [-0.3, -0.25) is 4.79 Å². The summed E-state index contributed by atoms with van der Waals surface area (Å²) in [6, 6.07) is 6.04. The molecule has 1 aromatic carbocycles. The lowest BCUT2D eigenvalue weighted by atomic mass is 10.0. The van der Waals surface area contributed by atoms with Gasteiger partial charge in [-0.1, -0.05) is 6.92 Å². The standard InChI is InChI=1S/C24H27N7O3/c1-3-14(2)27-22-19-15(12-25)13-26-21(19)29-24(30-22)28-18-5-4-17(16-6-9-34-20(16)18)23(32)31-7-10-33-11-8-31/h4-5,13-14H,3,6-11H2,1-2H3,(H3,26,27,28,29,30)/t14-/m1/s1. The number of rotatable bonds is 6. The summed E-state index contributed by atoms with van der Waals surface area (Å²) in [6.45, 7) is 6.96. The Bertz CT molecular complexity index is 1270. The molecule has 0 unspecified atom stereocenters. The fourth-order valence-electron chi connectivity index (χ4n) is 4.27. The summed E-state index contributed by atoms with van der Waals surface area (Å²) in [5, 5.41) is 16.8. The van der Waals surface area contributed by atoms with E-state index in [4.69, 9.17) is 9.47 Å². The zero-order valence-corrected chi connectivity index (χ0v) is 19.3. The molecule has 10 heteroatoms. The summed E-state index contributed by atoms with van der Waals surface area (Å²) in [7, 11) is 0. The number of carbonyl (C=O) groups is 1. The number of aromatic nitrogens is 3. The molecule has 2 aliphatic rings. The second-order valence-corrected chi connectivity index (χ2v) is 8.48. The number of morpholine rings is 1. The summed E-state index contributed by atoms with van der Waals surface area (Å²) in [5.74, 6) is 1.62. The number of hydrogen-bond donors (Lipinski definition) is 3. The first kappa shape index (κ1) is 22.0. The first-order valence-electron chi connectivity index (χ1n) is 11.6. The number of amides is 1. The zero-order chi connectivity index (χ0) is 23.7. The number of anilines is 3. The van der Waals surface area contributed by atoms with Crippen molar-refractivity contribution in [3.8, 4) is 11.8 Å². The van der Waals surface area contributed by atoms with Crippen molar-refractivity contribution in [3.05, 3.63) is 35.0 Å². The molecule has 3 N–H and O–H groups in total. The highest BCUT2D eigenvalue weighted by Gasteiger charge is 2.28. The third-order valence-corrected chi connectivity index (χ3v) is 6.28. The van der Waals surface area contributed by atoms with Gasteiger partial charge in [-0.15, -0.1) is 0 Å². The first-order chi connectivity index (χ1) is 16.6. The van der Waals surface area contributed by atoms with Crippen LogP contribution in [-0.2, 0) is 11.2 Å². The molecule has 0 bridgehead atoms. The molecule has 2 aliphatic heterocycles. The minimum absolute atomic E-state index is 0.00438. The van der Waals surface area contributed by atoms with Crippen LogP contribution >= 0.6 is 0 Å². The van der Waals surface area contributed by atoms with Crippen molar-refractivity contribution in [3.63, 3.8) is 0 Å². The molecule has 1 atom stereocenters. The van der Waals surface area contributed by atoms with Crippen LogP contribution in [0, 0.1) is 11.3 Å². The highest BCUT2D eigenvalue weighted by Crippen LogP contribution is 2.38. The lowest BCUT2D eigenvalue weighted by molar-refractivity contribution is 0.0302. The average molecular weight is 462 g/mol. The summed E-state index contributed by atoms with van der Waals surface area (Å²) in [5.41, 5.74) is 3.32. The van der Waals surface area contributed by atoms with Crippen LogP contribution in [-0.4, -0.2) is 64.7 Å². The van der Waals surface area contributed by atoms with Gasteiger partial charge in [-0.25, -0.2) is 0 Å². The van der Waals surface area contributed by atoms with E-state index in [1.54, 1.807) is 6.20 Å². The topological polar surface area (TPSA) is 128 Å². The van der Waals surface area contributed by atoms with Crippen molar-refractivity contribution in [1.29, 1.82) is 5.26 Å². The third-order valence-electron chi connectivity index (χ3n) is 6.28. The maximum absolute atomic E-state index is 13.1. The minimum Gasteiger partial charge on any atom is -0.491 e. The van der Waals surface area contributed by atoms with Gasteiger partial charge in [0.05, 0.1) is 36.5 Å². The summed E-state index contributed by atoms with van der Waals surface area (Å²) in [6.07, 6.45) is 3.21. The second-order valence-electron chi connectivity index (χ2n) is 8.48. The number of ether oxygens (including phenoxy) is 2. The van der Waals surface area contributed by atoms with Gasteiger partial charge in [0, 0.05) is 42.9 Å². The lowest BCUT2D eigenvalue weighted by Gasteiger charge is -2.27. The number of nitrogens with one attached hydrogen (secondary N) is 3. The zero-order valence-electron chi connectivity index (χ0n) is 19.3. The SMILES string of the molecule is CC[C@@H](C)Nc1nc(Nc2ccc(C(=O)N3CCOCC3)c3c2OCC3)nc2[nH]cc(C#N)c12. The predicted molar refractivity (Wildman–Crippen MR) is 128 cm³/mol. The molecule has 0 spiro atoms. The normalized spacial score (nSPS) is 16.0. The van der Waals surface area contributed by atoms with Gasteiger partial charge in [0.15, 0.2) is 0 Å². The Hall–Kier alpha value is -3.84. The Balaban J connectivity index is 1.49. The number of carbonyl (C=O) groups excluding carboxylic acids is 1. The maximum atomic E-state index is 13.1. The monoisotopic (exact) mass is 461 g/mol. The van der Waals surface area contributed by atoms with Crippen molar-refractivity contribution in [1.82, 2.24) is 19.9 Å². The van der Waals surface area contributed by atoms with E-state index in [9.17, 15) is 10.1 Å². The van der Waals surface area contributed by atoms with Gasteiger partial charge < -0.3 is 30.0 Å². The van der Waals surface area contributed by atoms with Gasteiger partial charge in [0.25, 0.3) is 5.91 Å². The fourth-order valence-corrected chi connectivity index (χ4v) is 4.27. The fraction of sp³-hybridized carbons (Fsp3) is 0.417. The van der Waals surface area contributed by atoms with Gasteiger partial charge in [0.1, 0.15) is 23.3 Å². The molecule has 1 fully saturated rings. The van der Waals surface area contributed by atoms with E-state index in [2.05, 4.69) is 45.5 Å². The van der Waals surface area contributed by atoms with E-state index in [1.807, 2.05) is 17.0 Å². The van der Waals surface area contributed by atoms with Crippen molar-refractivity contribution >= 4 is 34.4 Å². The van der Waals surface area contributed by atoms with Gasteiger partial charge in [0.2, 0.25) is 5.95 Å². The molecule has 176 valence electrons. The van der Waals surface area contributed by atoms with E-state index in [-0.39, 0.29) is 11.9 Å². The molecule has 34 heavy (non-hydrogen) atoms. The van der Waals surface area contributed by atoms with Crippen molar-refractivity contribution < 1.29 is 14.3 Å². The van der Waals surface area contributed by atoms with Crippen LogP contribution in [0.3, 0.4) is 0 Å². The molecule has 0 aliphatic carbocycles. The Morgan fingerprint density at radius 1 is 1.29 bits per heavy atom. The number of benzene rings is 1. The van der Waals surface area contributed by atoms with Gasteiger partial charge in [-0.05, 0) is 25.5 Å². The Morgan fingerprint density at radius 3 is 2.88 bits per heavy atom. The molecule has 1 saturated heterocycles. The van der Waals surface area contributed by atoms with Crippen LogP contribution in [0.5, 0.6) is 5.75 Å². The first-order valence-corrected chi connectivity index (χ1v) is 11.6. The Labute approximate surface area is 197 Å². The van der Waals surface area contributed by atoms with Crippen LogP contribution in [0.2, 0.25) is 0 Å². The number of nitrogens with zero attached hydrogens (tertiary/aromatic N) is 4. The molecular weight excluding hydrogens is 434 g/mol. The molecule has 3 aromatic rings. The average Bonchev–Trinajstić information content (AvgIpc) is 3.52. The largest absolute Gasteiger partial charge is 0.491 e.